The van der Waals surface area contributed by atoms with Gasteiger partial charge in [-0.25, -0.2) is 0 Å². The van der Waals surface area contributed by atoms with Gasteiger partial charge in [0.25, 0.3) is 0 Å². The lowest BCUT2D eigenvalue weighted by Crippen LogP contribution is -2.49. The van der Waals surface area contributed by atoms with Crippen LogP contribution in [0, 0.1) is 5.92 Å². The van der Waals surface area contributed by atoms with Crippen molar-refractivity contribution >= 4 is 11.8 Å². The summed E-state index contributed by atoms with van der Waals surface area (Å²) in [7, 11) is 0. The summed E-state index contributed by atoms with van der Waals surface area (Å²) in [5.74, 6) is 0.830. The molecule has 0 radical (unpaired) electrons. The van der Waals surface area contributed by atoms with Gasteiger partial charge < -0.3 is 10.2 Å². The van der Waals surface area contributed by atoms with Gasteiger partial charge in [-0.05, 0) is 44.9 Å². The van der Waals surface area contributed by atoms with E-state index in [2.05, 4.69) is 10.2 Å². The van der Waals surface area contributed by atoms with Crippen molar-refractivity contribution in [1.82, 2.24) is 15.1 Å². The largest absolute Gasteiger partial charge is 0.353 e. The second-order valence-electron chi connectivity index (χ2n) is 6.77. The van der Waals surface area contributed by atoms with E-state index >= 15 is 0 Å². The number of nitrogens with one attached hydrogen (secondary N) is 1. The Hall–Kier alpha value is -1.10. The zero-order valence-electron chi connectivity index (χ0n) is 12.9. The molecule has 21 heavy (non-hydrogen) atoms. The number of hydrogen-bond donors (Lipinski definition) is 1. The summed E-state index contributed by atoms with van der Waals surface area (Å²) < 4.78 is 0. The lowest BCUT2D eigenvalue weighted by atomic mass is 10.0. The molecule has 0 atom stereocenters. The Bertz CT molecular complexity index is 381. The van der Waals surface area contributed by atoms with Crippen LogP contribution in [0.1, 0.15) is 44.9 Å². The first-order chi connectivity index (χ1) is 10.2. The van der Waals surface area contributed by atoms with Crippen LogP contribution in [-0.4, -0.2) is 60.4 Å². The summed E-state index contributed by atoms with van der Waals surface area (Å²) in [6.07, 6.45) is 7.65. The summed E-state index contributed by atoms with van der Waals surface area (Å²) in [5.41, 5.74) is 0. The Kier molecular flexibility index (Phi) is 4.78. The fourth-order valence-corrected chi connectivity index (χ4v) is 3.33. The van der Waals surface area contributed by atoms with E-state index < -0.39 is 0 Å². The molecule has 0 spiro atoms. The molecule has 118 valence electrons. The first kappa shape index (κ1) is 14.8. The molecule has 2 amide bonds. The first-order valence-corrected chi connectivity index (χ1v) is 8.53. The molecule has 2 heterocycles. The van der Waals surface area contributed by atoms with Crippen LogP contribution in [0.5, 0.6) is 0 Å². The lowest BCUT2D eigenvalue weighted by molar-refractivity contribution is -0.133. The number of nitrogens with zero attached hydrogens (tertiary/aromatic N) is 2. The van der Waals surface area contributed by atoms with E-state index in [1.54, 1.807) is 0 Å². The maximum Gasteiger partial charge on any atom is 0.236 e. The number of piperidine rings is 2. The van der Waals surface area contributed by atoms with Gasteiger partial charge >= 0.3 is 0 Å². The van der Waals surface area contributed by atoms with Crippen LogP contribution in [0.15, 0.2) is 0 Å². The normalized spacial score (nSPS) is 24.9. The molecule has 0 aromatic carbocycles. The van der Waals surface area contributed by atoms with Crippen molar-refractivity contribution in [3.05, 3.63) is 0 Å². The van der Waals surface area contributed by atoms with Crippen molar-refractivity contribution in [2.45, 2.75) is 51.0 Å². The molecule has 0 aromatic heterocycles. The monoisotopic (exact) mass is 293 g/mol. The summed E-state index contributed by atoms with van der Waals surface area (Å²) in [5, 5.41) is 3.16. The van der Waals surface area contributed by atoms with Crippen LogP contribution >= 0.6 is 0 Å². The Morgan fingerprint density at radius 1 is 0.905 bits per heavy atom. The standard InChI is InChI=1S/C16H27N3O2/c20-15(19-8-2-1-3-9-19)12-18-10-6-14(7-11-18)17-16(21)13-4-5-13/h13-14H,1-12H2,(H,17,21). The van der Waals surface area contributed by atoms with Gasteiger partial charge in [0, 0.05) is 38.1 Å². The van der Waals surface area contributed by atoms with Crippen molar-refractivity contribution in [1.29, 1.82) is 0 Å². The molecule has 3 fully saturated rings. The molecule has 5 nitrogen and oxygen atoms in total. The molecule has 2 saturated heterocycles. The lowest BCUT2D eigenvalue weighted by Gasteiger charge is -2.34. The zero-order chi connectivity index (χ0) is 14.7. The van der Waals surface area contributed by atoms with Crippen molar-refractivity contribution in [3.63, 3.8) is 0 Å². The molecular formula is C16H27N3O2. The van der Waals surface area contributed by atoms with E-state index in [1.165, 1.54) is 6.42 Å². The minimum Gasteiger partial charge on any atom is -0.353 e. The number of carbonyl (C=O) groups is 2. The number of likely N-dealkylation sites (tertiary alicyclic amines) is 2. The predicted molar refractivity (Wildman–Crippen MR) is 80.8 cm³/mol. The average Bonchev–Trinajstić information content (AvgIpc) is 3.35. The van der Waals surface area contributed by atoms with Gasteiger partial charge in [-0.3, -0.25) is 14.5 Å². The third-order valence-electron chi connectivity index (χ3n) is 4.95. The van der Waals surface area contributed by atoms with Crippen molar-refractivity contribution in [2.24, 2.45) is 5.92 Å². The van der Waals surface area contributed by atoms with Gasteiger partial charge in [0.15, 0.2) is 0 Å². The van der Waals surface area contributed by atoms with Crippen LogP contribution < -0.4 is 5.32 Å². The molecule has 1 aliphatic carbocycles. The molecule has 2 aliphatic heterocycles. The van der Waals surface area contributed by atoms with E-state index in [4.69, 9.17) is 0 Å². The number of rotatable bonds is 4. The van der Waals surface area contributed by atoms with E-state index in [0.29, 0.717) is 18.5 Å². The van der Waals surface area contributed by atoms with Crippen molar-refractivity contribution in [3.8, 4) is 0 Å². The summed E-state index contributed by atoms with van der Waals surface area (Å²) in [6, 6.07) is 0.319. The molecule has 0 unspecified atom stereocenters. The fourth-order valence-electron chi connectivity index (χ4n) is 3.33. The highest BCUT2D eigenvalue weighted by Gasteiger charge is 2.32. The third kappa shape index (κ3) is 4.19. The van der Waals surface area contributed by atoms with E-state index in [0.717, 1.165) is 64.7 Å². The highest BCUT2D eigenvalue weighted by Crippen LogP contribution is 2.29. The van der Waals surface area contributed by atoms with Crippen molar-refractivity contribution in [2.75, 3.05) is 32.7 Å². The van der Waals surface area contributed by atoms with E-state index in [1.807, 2.05) is 4.90 Å². The summed E-state index contributed by atoms with van der Waals surface area (Å²) in [4.78, 5) is 28.3. The average molecular weight is 293 g/mol. The highest BCUT2D eigenvalue weighted by atomic mass is 16.2. The second kappa shape index (κ2) is 6.77. The predicted octanol–water partition coefficient (Wildman–Crippen LogP) is 0.989. The maximum atomic E-state index is 12.2. The molecule has 0 bridgehead atoms. The van der Waals surface area contributed by atoms with Gasteiger partial charge in [-0.2, -0.15) is 0 Å². The minimum atomic E-state index is 0.248. The molecule has 3 rings (SSSR count). The molecule has 1 saturated carbocycles. The van der Waals surface area contributed by atoms with Gasteiger partial charge in [-0.1, -0.05) is 0 Å². The summed E-state index contributed by atoms with van der Waals surface area (Å²) >= 11 is 0. The van der Waals surface area contributed by atoms with Crippen LogP contribution in [-0.2, 0) is 9.59 Å². The van der Waals surface area contributed by atoms with E-state index in [-0.39, 0.29) is 11.8 Å². The Labute approximate surface area is 127 Å². The zero-order valence-corrected chi connectivity index (χ0v) is 12.9. The molecule has 5 heteroatoms. The topological polar surface area (TPSA) is 52.7 Å². The minimum absolute atomic E-state index is 0.248. The van der Waals surface area contributed by atoms with E-state index in [9.17, 15) is 9.59 Å². The smallest absolute Gasteiger partial charge is 0.236 e. The summed E-state index contributed by atoms with van der Waals surface area (Å²) in [6.45, 7) is 4.28. The molecule has 0 aromatic rings. The Balaban J connectivity index is 1.36. The van der Waals surface area contributed by atoms with Crippen LogP contribution in [0.4, 0.5) is 0 Å². The first-order valence-electron chi connectivity index (χ1n) is 8.53. The van der Waals surface area contributed by atoms with Gasteiger partial charge in [0.2, 0.25) is 11.8 Å². The Morgan fingerprint density at radius 3 is 2.19 bits per heavy atom. The SMILES string of the molecule is O=C(NC1CCN(CC(=O)N2CCCCC2)CC1)C1CC1. The van der Waals surface area contributed by atoms with Crippen LogP contribution in [0.2, 0.25) is 0 Å². The molecule has 1 N–H and O–H groups in total. The second-order valence-corrected chi connectivity index (χ2v) is 6.77. The quantitative estimate of drug-likeness (QED) is 0.841. The van der Waals surface area contributed by atoms with Crippen LogP contribution in [0.25, 0.3) is 0 Å². The van der Waals surface area contributed by atoms with Gasteiger partial charge in [0.1, 0.15) is 0 Å². The Morgan fingerprint density at radius 2 is 1.57 bits per heavy atom. The van der Waals surface area contributed by atoms with Crippen molar-refractivity contribution < 1.29 is 9.59 Å². The van der Waals surface area contributed by atoms with Gasteiger partial charge in [-0.15, -0.1) is 0 Å². The third-order valence-corrected chi connectivity index (χ3v) is 4.95. The number of amides is 2. The highest BCUT2D eigenvalue weighted by molar-refractivity contribution is 5.81. The van der Waals surface area contributed by atoms with Gasteiger partial charge in [0.05, 0.1) is 6.54 Å². The number of carbonyl (C=O) groups excluding carboxylic acids is 2. The molecular weight excluding hydrogens is 266 g/mol. The maximum absolute atomic E-state index is 12.2. The fraction of sp³-hybridized carbons (Fsp3) is 0.875. The van der Waals surface area contributed by atoms with Crippen LogP contribution in [0.3, 0.4) is 0 Å². The number of hydrogen-bond acceptors (Lipinski definition) is 3. The molecule has 3 aliphatic rings.